The van der Waals surface area contributed by atoms with Crippen LogP contribution in [0.5, 0.6) is 5.75 Å². The summed E-state index contributed by atoms with van der Waals surface area (Å²) < 4.78 is 5.33. The molecule has 0 spiro atoms. The summed E-state index contributed by atoms with van der Waals surface area (Å²) in [6.45, 7) is 4.97. The summed E-state index contributed by atoms with van der Waals surface area (Å²) in [6, 6.07) is 5.04. The maximum atomic E-state index is 11.9. The average molecular weight is 393 g/mol. The zero-order valence-corrected chi connectivity index (χ0v) is 16.1. The van der Waals surface area contributed by atoms with E-state index < -0.39 is 11.8 Å². The summed E-state index contributed by atoms with van der Waals surface area (Å²) in [5, 5.41) is 0.608. The van der Waals surface area contributed by atoms with Crippen LogP contribution in [-0.2, 0) is 16.0 Å². The van der Waals surface area contributed by atoms with E-state index in [0.29, 0.717) is 27.9 Å². The highest BCUT2D eigenvalue weighted by molar-refractivity contribution is 6.31. The highest BCUT2D eigenvalue weighted by atomic mass is 35.5. The molecule has 27 heavy (non-hydrogen) atoms. The largest absolute Gasteiger partial charge is 0.484 e. The van der Waals surface area contributed by atoms with Crippen molar-refractivity contribution in [3.05, 3.63) is 56.2 Å². The highest BCUT2D eigenvalue weighted by Gasteiger charge is 2.11. The van der Waals surface area contributed by atoms with Crippen molar-refractivity contribution in [3.63, 3.8) is 0 Å². The van der Waals surface area contributed by atoms with Gasteiger partial charge in [-0.1, -0.05) is 11.6 Å². The standard InChI is InChI=1S/C18H21ClN4O4/c1-10-8-13(4-6-15(10)19)27-9-17(25)23-22-16(24)7-5-14-11(2)20-12(3)21-18(14)26/h4,6,8H,5,7,9H2,1-3H3,(H,22,24)(H,23,25)(H,20,21,26). The van der Waals surface area contributed by atoms with Gasteiger partial charge in [0.25, 0.3) is 11.5 Å². The number of hydrazine groups is 1. The highest BCUT2D eigenvalue weighted by Crippen LogP contribution is 2.20. The van der Waals surface area contributed by atoms with Gasteiger partial charge in [0, 0.05) is 22.7 Å². The SMILES string of the molecule is Cc1nc(C)c(CCC(=O)NNC(=O)COc2ccc(Cl)c(C)c2)c(=O)[nH]1. The quantitative estimate of drug-likeness (QED) is 0.645. The molecule has 0 aliphatic carbocycles. The van der Waals surface area contributed by atoms with Gasteiger partial charge in [-0.05, 0) is 51.0 Å². The molecule has 2 amide bonds. The molecule has 1 aromatic carbocycles. The molecule has 9 heteroatoms. The molecule has 144 valence electrons. The number of ether oxygens (including phenoxy) is 1. The van der Waals surface area contributed by atoms with Gasteiger partial charge in [0.15, 0.2) is 6.61 Å². The van der Waals surface area contributed by atoms with Gasteiger partial charge in [-0.15, -0.1) is 0 Å². The van der Waals surface area contributed by atoms with Gasteiger partial charge in [-0.25, -0.2) is 4.98 Å². The normalized spacial score (nSPS) is 10.4. The number of nitrogens with one attached hydrogen (secondary N) is 3. The molecule has 3 N–H and O–H groups in total. The molecule has 0 saturated carbocycles. The van der Waals surface area contributed by atoms with Crippen LogP contribution in [0.3, 0.4) is 0 Å². The van der Waals surface area contributed by atoms with Crippen molar-refractivity contribution in [1.82, 2.24) is 20.8 Å². The Bertz CT molecular complexity index is 911. The Morgan fingerprint density at radius 1 is 1.19 bits per heavy atom. The van der Waals surface area contributed by atoms with Crippen molar-refractivity contribution in [3.8, 4) is 5.75 Å². The molecule has 1 aromatic heterocycles. The Kier molecular flexibility index (Phi) is 6.95. The van der Waals surface area contributed by atoms with Crippen LogP contribution in [0.2, 0.25) is 5.02 Å². The van der Waals surface area contributed by atoms with E-state index in [1.807, 2.05) is 6.92 Å². The molecule has 0 aliphatic heterocycles. The van der Waals surface area contributed by atoms with Crippen molar-refractivity contribution >= 4 is 23.4 Å². The van der Waals surface area contributed by atoms with Crippen LogP contribution in [0.25, 0.3) is 0 Å². The number of aryl methyl sites for hydroxylation is 3. The molecule has 2 aromatic rings. The number of carbonyl (C=O) groups is 2. The zero-order chi connectivity index (χ0) is 20.0. The minimum absolute atomic E-state index is 0.0339. The van der Waals surface area contributed by atoms with Crippen LogP contribution < -0.4 is 21.1 Å². The van der Waals surface area contributed by atoms with E-state index in [9.17, 15) is 14.4 Å². The van der Waals surface area contributed by atoms with Crippen LogP contribution in [0.1, 0.15) is 29.1 Å². The van der Waals surface area contributed by atoms with Crippen molar-refractivity contribution in [2.24, 2.45) is 0 Å². The van der Waals surface area contributed by atoms with Crippen molar-refractivity contribution in [1.29, 1.82) is 0 Å². The second kappa shape index (κ2) is 9.18. The van der Waals surface area contributed by atoms with Crippen LogP contribution >= 0.6 is 11.6 Å². The predicted molar refractivity (Wildman–Crippen MR) is 101 cm³/mol. The number of H-pyrrole nitrogens is 1. The van der Waals surface area contributed by atoms with Crippen molar-refractivity contribution in [2.75, 3.05) is 6.61 Å². The van der Waals surface area contributed by atoms with Gasteiger partial charge in [0.05, 0.1) is 0 Å². The van der Waals surface area contributed by atoms with E-state index in [1.54, 1.807) is 32.0 Å². The summed E-state index contributed by atoms with van der Waals surface area (Å²) in [4.78, 5) is 42.3. The number of nitrogens with zero attached hydrogens (tertiary/aromatic N) is 1. The van der Waals surface area contributed by atoms with Gasteiger partial charge in [0.1, 0.15) is 11.6 Å². The summed E-state index contributed by atoms with van der Waals surface area (Å²) in [5.74, 6) is 0.0841. The van der Waals surface area contributed by atoms with E-state index in [-0.39, 0.29) is 25.0 Å². The Morgan fingerprint density at radius 3 is 2.56 bits per heavy atom. The first-order valence-corrected chi connectivity index (χ1v) is 8.67. The molecule has 2 rings (SSSR count). The molecule has 0 aliphatic rings. The van der Waals surface area contributed by atoms with E-state index in [2.05, 4.69) is 20.8 Å². The van der Waals surface area contributed by atoms with Crippen molar-refractivity contribution < 1.29 is 14.3 Å². The van der Waals surface area contributed by atoms with Gasteiger partial charge in [-0.3, -0.25) is 25.2 Å². The zero-order valence-electron chi connectivity index (χ0n) is 15.3. The summed E-state index contributed by atoms with van der Waals surface area (Å²) in [5.41, 5.74) is 6.15. The number of amides is 2. The molecule has 0 saturated heterocycles. The maximum Gasteiger partial charge on any atom is 0.276 e. The third-order valence-electron chi connectivity index (χ3n) is 3.78. The van der Waals surface area contributed by atoms with E-state index in [0.717, 1.165) is 5.56 Å². The first kappa shape index (κ1) is 20.4. The Labute approximate surface area is 161 Å². The topological polar surface area (TPSA) is 113 Å². The van der Waals surface area contributed by atoms with Gasteiger partial charge < -0.3 is 9.72 Å². The summed E-state index contributed by atoms with van der Waals surface area (Å²) >= 11 is 5.92. The van der Waals surface area contributed by atoms with Gasteiger partial charge in [0.2, 0.25) is 5.91 Å². The second-order valence-electron chi connectivity index (χ2n) is 6.01. The number of carbonyl (C=O) groups excluding carboxylic acids is 2. The van der Waals surface area contributed by atoms with E-state index in [4.69, 9.17) is 16.3 Å². The van der Waals surface area contributed by atoms with Crippen LogP contribution in [-0.4, -0.2) is 28.4 Å². The lowest BCUT2D eigenvalue weighted by Gasteiger charge is -2.10. The number of hydrogen-bond acceptors (Lipinski definition) is 5. The van der Waals surface area contributed by atoms with Crippen LogP contribution in [0.15, 0.2) is 23.0 Å². The van der Waals surface area contributed by atoms with Crippen LogP contribution in [0, 0.1) is 20.8 Å². The average Bonchev–Trinajstić information content (AvgIpc) is 2.60. The third kappa shape index (κ3) is 6.10. The fourth-order valence-corrected chi connectivity index (χ4v) is 2.50. The first-order valence-electron chi connectivity index (χ1n) is 8.29. The number of aromatic nitrogens is 2. The lowest BCUT2D eigenvalue weighted by Crippen LogP contribution is -2.44. The van der Waals surface area contributed by atoms with E-state index >= 15 is 0 Å². The smallest absolute Gasteiger partial charge is 0.276 e. The molecule has 0 atom stereocenters. The predicted octanol–water partition coefficient (Wildman–Crippen LogP) is 1.51. The maximum absolute atomic E-state index is 11.9. The molecular formula is C18H21ClN4O4. The lowest BCUT2D eigenvalue weighted by molar-refractivity contribution is -0.130. The number of halogens is 1. The van der Waals surface area contributed by atoms with Crippen LogP contribution in [0.4, 0.5) is 0 Å². The summed E-state index contributed by atoms with van der Waals surface area (Å²) in [7, 11) is 0. The fourth-order valence-electron chi connectivity index (χ4n) is 2.38. The second-order valence-corrected chi connectivity index (χ2v) is 6.42. The third-order valence-corrected chi connectivity index (χ3v) is 4.21. The molecule has 0 unspecified atom stereocenters. The fraction of sp³-hybridized carbons (Fsp3) is 0.333. The molecule has 0 radical (unpaired) electrons. The Hall–Kier alpha value is -2.87. The molecule has 1 heterocycles. The lowest BCUT2D eigenvalue weighted by atomic mass is 10.1. The monoisotopic (exact) mass is 392 g/mol. The molecule has 0 bridgehead atoms. The number of benzene rings is 1. The first-order chi connectivity index (χ1) is 12.8. The number of rotatable bonds is 6. The minimum Gasteiger partial charge on any atom is -0.484 e. The van der Waals surface area contributed by atoms with Gasteiger partial charge >= 0.3 is 0 Å². The molecule has 8 nitrogen and oxygen atoms in total. The number of hydrogen-bond donors (Lipinski definition) is 3. The Morgan fingerprint density at radius 2 is 1.89 bits per heavy atom. The van der Waals surface area contributed by atoms with Crippen molar-refractivity contribution in [2.45, 2.75) is 33.6 Å². The van der Waals surface area contributed by atoms with E-state index in [1.165, 1.54) is 0 Å². The Balaban J connectivity index is 1.76. The molecule has 0 fully saturated rings. The molecular weight excluding hydrogens is 372 g/mol. The minimum atomic E-state index is -0.512. The number of aromatic amines is 1. The van der Waals surface area contributed by atoms with Gasteiger partial charge in [-0.2, -0.15) is 0 Å². The summed E-state index contributed by atoms with van der Waals surface area (Å²) in [6.07, 6.45) is 0.253.